The second kappa shape index (κ2) is 13.2. The monoisotopic (exact) mass is 544 g/mol. The lowest BCUT2D eigenvalue weighted by molar-refractivity contribution is -0.149. The van der Waals surface area contributed by atoms with Crippen LogP contribution in [0.5, 0.6) is 0 Å². The number of rotatable bonds is 9. The predicted octanol–water partition coefficient (Wildman–Crippen LogP) is 4.37. The van der Waals surface area contributed by atoms with Crippen molar-refractivity contribution in [1.82, 2.24) is 14.7 Å². The molecule has 1 amide bonds. The van der Waals surface area contributed by atoms with Crippen LogP contribution in [0.2, 0.25) is 0 Å². The molecule has 2 aliphatic heterocycles. The molecule has 3 aromatic rings. The lowest BCUT2D eigenvalue weighted by Gasteiger charge is -2.35. The molecule has 5 rings (SSSR count). The molecular formula is C32H40N4O4. The molecule has 2 heterocycles. The molecule has 40 heavy (non-hydrogen) atoms. The van der Waals surface area contributed by atoms with Crippen molar-refractivity contribution in [2.75, 3.05) is 64.9 Å². The first-order chi connectivity index (χ1) is 19.5. The zero-order valence-corrected chi connectivity index (χ0v) is 23.6. The van der Waals surface area contributed by atoms with E-state index >= 15 is 0 Å². The van der Waals surface area contributed by atoms with Gasteiger partial charge in [0.1, 0.15) is 19.3 Å². The number of anilines is 1. The van der Waals surface area contributed by atoms with E-state index in [1.807, 2.05) is 30.3 Å². The van der Waals surface area contributed by atoms with Crippen molar-refractivity contribution in [2.45, 2.75) is 32.0 Å². The molecule has 0 bridgehead atoms. The third-order valence-electron chi connectivity index (χ3n) is 7.95. The zero-order chi connectivity index (χ0) is 27.9. The average Bonchev–Trinajstić information content (AvgIpc) is 3.48. The lowest BCUT2D eigenvalue weighted by Crippen LogP contribution is -2.47. The van der Waals surface area contributed by atoms with Crippen molar-refractivity contribution in [3.05, 3.63) is 77.9 Å². The number of carbonyl (C=O) groups excluding carboxylic acids is 2. The molecule has 8 nitrogen and oxygen atoms in total. The summed E-state index contributed by atoms with van der Waals surface area (Å²) >= 11 is 0. The van der Waals surface area contributed by atoms with Gasteiger partial charge in [-0.25, -0.2) is 9.59 Å². The number of esters is 1. The highest BCUT2D eigenvalue weighted by atomic mass is 16.6. The molecule has 0 spiro atoms. The summed E-state index contributed by atoms with van der Waals surface area (Å²) in [7, 11) is 4.17. The molecule has 0 N–H and O–H groups in total. The van der Waals surface area contributed by atoms with Gasteiger partial charge in [-0.2, -0.15) is 0 Å². The number of hydrogen-bond donors (Lipinski definition) is 0. The van der Waals surface area contributed by atoms with Crippen molar-refractivity contribution in [1.29, 1.82) is 0 Å². The normalized spacial score (nSPS) is 18.1. The maximum absolute atomic E-state index is 12.8. The summed E-state index contributed by atoms with van der Waals surface area (Å²) in [6.45, 7) is 6.48. The van der Waals surface area contributed by atoms with E-state index in [-0.39, 0.29) is 12.6 Å². The molecule has 0 saturated carbocycles. The van der Waals surface area contributed by atoms with Crippen LogP contribution in [0.25, 0.3) is 10.8 Å². The number of nitrogens with zero attached hydrogens (tertiary/aromatic N) is 4. The summed E-state index contributed by atoms with van der Waals surface area (Å²) in [5.41, 5.74) is 3.52. The smallest absolute Gasteiger partial charge is 0.410 e. The number of piperazine rings is 1. The topological polar surface area (TPSA) is 65.6 Å². The molecule has 0 aliphatic carbocycles. The van der Waals surface area contributed by atoms with Gasteiger partial charge >= 0.3 is 12.1 Å². The van der Waals surface area contributed by atoms with E-state index in [0.717, 1.165) is 44.7 Å². The van der Waals surface area contributed by atoms with E-state index in [1.165, 1.54) is 26.9 Å². The summed E-state index contributed by atoms with van der Waals surface area (Å²) in [6.07, 6.45) is 0.957. The SMILES string of the molecule is CN(C)c1ccc(CN2CCN(CCOC(=O)N3CCCC3C(=O)OCc3ccccc3)CC2)c2ccccc12. The lowest BCUT2D eigenvalue weighted by atomic mass is 10.0. The van der Waals surface area contributed by atoms with E-state index in [2.05, 4.69) is 65.2 Å². The molecule has 2 fully saturated rings. The molecule has 3 aromatic carbocycles. The first-order valence-corrected chi connectivity index (χ1v) is 14.3. The van der Waals surface area contributed by atoms with Crippen LogP contribution in [-0.2, 0) is 27.4 Å². The van der Waals surface area contributed by atoms with Crippen molar-refractivity contribution in [2.24, 2.45) is 0 Å². The highest BCUT2D eigenvalue weighted by Crippen LogP contribution is 2.29. The Bertz CT molecular complexity index is 1290. The number of benzene rings is 3. The molecule has 1 unspecified atom stereocenters. The molecule has 1 atom stereocenters. The molecule has 212 valence electrons. The third kappa shape index (κ3) is 6.74. The van der Waals surface area contributed by atoms with Gasteiger partial charge in [-0.1, -0.05) is 60.7 Å². The van der Waals surface area contributed by atoms with E-state index in [4.69, 9.17) is 9.47 Å². The quantitative estimate of drug-likeness (QED) is 0.371. The minimum atomic E-state index is -0.567. The average molecular weight is 545 g/mol. The van der Waals surface area contributed by atoms with Crippen LogP contribution in [0, 0.1) is 0 Å². The Kier molecular flexibility index (Phi) is 9.19. The Labute approximate surface area is 237 Å². The Balaban J connectivity index is 1.05. The summed E-state index contributed by atoms with van der Waals surface area (Å²) < 4.78 is 11.1. The van der Waals surface area contributed by atoms with Crippen LogP contribution >= 0.6 is 0 Å². The standard InChI is InChI=1S/C32H40N4O4/c1-33(2)29-15-14-26(27-11-6-7-12-28(27)29)23-35-19-17-34(18-20-35)21-22-39-32(38)36-16-8-13-30(36)31(37)40-24-25-9-4-3-5-10-25/h3-7,9-12,14-15,30H,8,13,16-24H2,1-2H3. The predicted molar refractivity (Wildman–Crippen MR) is 157 cm³/mol. The Morgan fingerprint density at radius 1 is 0.825 bits per heavy atom. The number of fused-ring (bicyclic) bond motifs is 1. The molecule has 2 saturated heterocycles. The second-order valence-corrected chi connectivity index (χ2v) is 10.9. The van der Waals surface area contributed by atoms with Crippen LogP contribution in [0.1, 0.15) is 24.0 Å². The van der Waals surface area contributed by atoms with Crippen molar-refractivity contribution >= 4 is 28.5 Å². The van der Waals surface area contributed by atoms with Gasteiger partial charge < -0.3 is 14.4 Å². The number of likely N-dealkylation sites (tertiary alicyclic amines) is 1. The highest BCUT2D eigenvalue weighted by molar-refractivity contribution is 5.96. The van der Waals surface area contributed by atoms with Gasteiger partial charge in [0.25, 0.3) is 0 Å². The number of amides is 1. The minimum absolute atomic E-state index is 0.211. The van der Waals surface area contributed by atoms with Crippen LogP contribution in [-0.4, -0.2) is 92.8 Å². The van der Waals surface area contributed by atoms with Crippen molar-refractivity contribution in [3.63, 3.8) is 0 Å². The largest absolute Gasteiger partial charge is 0.459 e. The first-order valence-electron chi connectivity index (χ1n) is 14.3. The Hall–Kier alpha value is -3.62. The number of carbonyl (C=O) groups is 2. The van der Waals surface area contributed by atoms with E-state index in [0.29, 0.717) is 26.1 Å². The van der Waals surface area contributed by atoms with E-state index < -0.39 is 12.1 Å². The molecule has 2 aliphatic rings. The van der Waals surface area contributed by atoms with Crippen LogP contribution in [0.15, 0.2) is 66.7 Å². The van der Waals surface area contributed by atoms with Gasteiger partial charge in [0.2, 0.25) is 0 Å². The summed E-state index contributed by atoms with van der Waals surface area (Å²) in [4.78, 5) is 33.9. The fraction of sp³-hybridized carbons (Fsp3) is 0.438. The highest BCUT2D eigenvalue weighted by Gasteiger charge is 2.36. The fourth-order valence-electron chi connectivity index (χ4n) is 5.69. The minimum Gasteiger partial charge on any atom is -0.459 e. The molecule has 0 aromatic heterocycles. The Morgan fingerprint density at radius 3 is 2.27 bits per heavy atom. The maximum Gasteiger partial charge on any atom is 0.410 e. The maximum atomic E-state index is 12.8. The van der Waals surface area contributed by atoms with Crippen LogP contribution in [0.3, 0.4) is 0 Å². The van der Waals surface area contributed by atoms with Crippen LogP contribution < -0.4 is 4.90 Å². The van der Waals surface area contributed by atoms with Crippen LogP contribution in [0.4, 0.5) is 10.5 Å². The van der Waals surface area contributed by atoms with Gasteiger partial charge in [0.05, 0.1) is 0 Å². The van der Waals surface area contributed by atoms with Gasteiger partial charge in [-0.05, 0) is 35.4 Å². The number of hydrogen-bond acceptors (Lipinski definition) is 7. The van der Waals surface area contributed by atoms with Gasteiger partial charge in [0.15, 0.2) is 0 Å². The van der Waals surface area contributed by atoms with Gasteiger partial charge in [-0.3, -0.25) is 14.7 Å². The van der Waals surface area contributed by atoms with E-state index in [1.54, 1.807) is 0 Å². The van der Waals surface area contributed by atoms with Gasteiger partial charge in [-0.15, -0.1) is 0 Å². The first kappa shape index (κ1) is 27.9. The fourth-order valence-corrected chi connectivity index (χ4v) is 5.69. The van der Waals surface area contributed by atoms with Crippen molar-refractivity contribution < 1.29 is 19.1 Å². The molecule has 8 heteroatoms. The third-order valence-corrected chi connectivity index (χ3v) is 7.95. The zero-order valence-electron chi connectivity index (χ0n) is 23.6. The summed E-state index contributed by atoms with van der Waals surface area (Å²) in [5.74, 6) is -0.362. The van der Waals surface area contributed by atoms with Gasteiger partial charge in [0, 0.05) is 71.0 Å². The van der Waals surface area contributed by atoms with E-state index in [9.17, 15) is 9.59 Å². The molecule has 0 radical (unpaired) electrons. The Morgan fingerprint density at radius 2 is 1.52 bits per heavy atom. The number of ether oxygens (including phenoxy) is 2. The summed E-state index contributed by atoms with van der Waals surface area (Å²) in [6, 6.07) is 22.1. The molecular weight excluding hydrogens is 504 g/mol. The summed E-state index contributed by atoms with van der Waals surface area (Å²) in [5, 5.41) is 2.60. The van der Waals surface area contributed by atoms with Crippen molar-refractivity contribution in [3.8, 4) is 0 Å². The second-order valence-electron chi connectivity index (χ2n) is 10.9.